The summed E-state index contributed by atoms with van der Waals surface area (Å²) in [6.07, 6.45) is 3.74. The van der Waals surface area contributed by atoms with Gasteiger partial charge in [0.1, 0.15) is 0 Å². The molecule has 0 fully saturated rings. The molecule has 0 bridgehead atoms. The average Bonchev–Trinajstić information content (AvgIpc) is 3.03. The number of hydrogen-bond donors (Lipinski definition) is 2. The Balaban J connectivity index is 1.51. The maximum atomic E-state index is 12.7. The molecule has 0 aliphatic heterocycles. The molecule has 2 N–H and O–H groups in total. The maximum absolute atomic E-state index is 12.7. The molecule has 0 unspecified atom stereocenters. The van der Waals surface area contributed by atoms with Crippen molar-refractivity contribution in [3.05, 3.63) is 75.5 Å². The number of aryl methyl sites for hydroxylation is 1. The number of aromatic nitrogens is 4. The van der Waals surface area contributed by atoms with Crippen molar-refractivity contribution in [2.24, 2.45) is 0 Å². The lowest BCUT2D eigenvalue weighted by atomic mass is 9.92. The number of rotatable bonds is 3. The first kappa shape index (κ1) is 16.3. The fraction of sp³-hybridized carbons (Fsp3) is 0.263. The number of hydrogen-bond acceptors (Lipinski definition) is 4. The van der Waals surface area contributed by atoms with Crippen LogP contribution in [0.25, 0.3) is 5.69 Å². The molecule has 0 spiro atoms. The van der Waals surface area contributed by atoms with Gasteiger partial charge in [-0.3, -0.25) is 9.59 Å². The van der Waals surface area contributed by atoms with E-state index in [9.17, 15) is 9.59 Å². The third-order valence-electron chi connectivity index (χ3n) is 4.76. The first-order valence-electron chi connectivity index (χ1n) is 8.60. The lowest BCUT2D eigenvalue weighted by molar-refractivity contribution is 0.0933. The monoisotopic (exact) mass is 349 g/mol. The van der Waals surface area contributed by atoms with Gasteiger partial charge in [-0.15, -0.1) is 0 Å². The van der Waals surface area contributed by atoms with Gasteiger partial charge in [0.15, 0.2) is 0 Å². The van der Waals surface area contributed by atoms with Crippen LogP contribution in [0.15, 0.2) is 47.4 Å². The van der Waals surface area contributed by atoms with Crippen LogP contribution in [-0.2, 0) is 12.8 Å². The third-order valence-corrected chi connectivity index (χ3v) is 4.76. The number of carbonyl (C=O) groups excluding carboxylic acids is 1. The molecule has 1 amide bonds. The van der Waals surface area contributed by atoms with Gasteiger partial charge in [-0.2, -0.15) is 10.2 Å². The Kier molecular flexibility index (Phi) is 4.12. The largest absolute Gasteiger partial charge is 0.349 e. The molecule has 1 atom stereocenters. The molecule has 1 aromatic carbocycles. The van der Waals surface area contributed by atoms with Gasteiger partial charge in [-0.05, 0) is 43.9 Å². The lowest BCUT2D eigenvalue weighted by Crippen LogP contribution is -2.39. The highest BCUT2D eigenvalue weighted by molar-refractivity contribution is 5.95. The van der Waals surface area contributed by atoms with Crippen LogP contribution in [0.3, 0.4) is 0 Å². The van der Waals surface area contributed by atoms with E-state index in [2.05, 4.69) is 20.6 Å². The summed E-state index contributed by atoms with van der Waals surface area (Å²) < 4.78 is 1.76. The zero-order chi connectivity index (χ0) is 18.1. The second-order valence-electron chi connectivity index (χ2n) is 6.51. The summed E-state index contributed by atoms with van der Waals surface area (Å²) in [6.45, 7) is 1.88. The maximum Gasteiger partial charge on any atom is 0.264 e. The molecule has 1 aliphatic rings. The summed E-state index contributed by atoms with van der Waals surface area (Å²) in [7, 11) is 0. The summed E-state index contributed by atoms with van der Waals surface area (Å²) >= 11 is 0. The van der Waals surface area contributed by atoms with Crippen molar-refractivity contribution in [2.75, 3.05) is 0 Å². The van der Waals surface area contributed by atoms with Crippen molar-refractivity contribution in [3.63, 3.8) is 0 Å². The van der Waals surface area contributed by atoms with Crippen LogP contribution in [0.4, 0.5) is 0 Å². The quantitative estimate of drug-likeness (QED) is 0.750. The molecule has 0 saturated heterocycles. The Labute approximate surface area is 150 Å². The van der Waals surface area contributed by atoms with Crippen molar-refractivity contribution >= 4 is 5.91 Å². The van der Waals surface area contributed by atoms with Gasteiger partial charge in [0.25, 0.3) is 11.5 Å². The number of nitrogens with one attached hydrogen (secondary N) is 2. The van der Waals surface area contributed by atoms with Crippen LogP contribution >= 0.6 is 0 Å². The standard InChI is InChI=1S/C19H19N5O2/c1-12-16(11-20-24(12)15-5-3-2-4-6-15)19(26)21-14-7-8-17-13(9-14)10-18(25)23-22-17/h2-6,10-11,14H,7-9H2,1H3,(H,21,26)(H,23,25)/t14-/m1/s1. The first-order chi connectivity index (χ1) is 12.6. The normalized spacial score (nSPS) is 16.1. The molecule has 0 saturated carbocycles. The van der Waals surface area contributed by atoms with Crippen LogP contribution in [-0.4, -0.2) is 31.9 Å². The number of benzene rings is 1. The summed E-state index contributed by atoms with van der Waals surface area (Å²) in [4.78, 5) is 24.2. The number of amides is 1. The minimum Gasteiger partial charge on any atom is -0.349 e. The Bertz CT molecular complexity index is 1010. The third kappa shape index (κ3) is 3.03. The van der Waals surface area contributed by atoms with E-state index in [0.29, 0.717) is 12.0 Å². The molecule has 26 heavy (non-hydrogen) atoms. The fourth-order valence-corrected chi connectivity index (χ4v) is 3.39. The summed E-state index contributed by atoms with van der Waals surface area (Å²) in [6, 6.07) is 11.3. The van der Waals surface area contributed by atoms with Gasteiger partial charge < -0.3 is 5.32 Å². The molecule has 2 aromatic heterocycles. The van der Waals surface area contributed by atoms with Crippen LogP contribution in [0.2, 0.25) is 0 Å². The Morgan fingerprint density at radius 1 is 1.31 bits per heavy atom. The number of aromatic amines is 1. The molecular weight excluding hydrogens is 330 g/mol. The zero-order valence-electron chi connectivity index (χ0n) is 14.4. The van der Waals surface area contributed by atoms with Crippen molar-refractivity contribution in [1.82, 2.24) is 25.3 Å². The van der Waals surface area contributed by atoms with Crippen molar-refractivity contribution < 1.29 is 4.79 Å². The van der Waals surface area contributed by atoms with Gasteiger partial charge >= 0.3 is 0 Å². The van der Waals surface area contributed by atoms with Crippen molar-refractivity contribution in [3.8, 4) is 5.69 Å². The minimum atomic E-state index is -0.212. The molecule has 7 nitrogen and oxygen atoms in total. The average molecular weight is 349 g/mol. The molecule has 0 radical (unpaired) electrons. The highest BCUT2D eigenvalue weighted by atomic mass is 16.1. The molecule has 7 heteroatoms. The van der Waals surface area contributed by atoms with Gasteiger partial charge in [-0.1, -0.05) is 18.2 Å². The van der Waals surface area contributed by atoms with Crippen LogP contribution in [0.1, 0.15) is 33.7 Å². The van der Waals surface area contributed by atoms with Gasteiger partial charge in [0.2, 0.25) is 0 Å². The van der Waals surface area contributed by atoms with Gasteiger partial charge in [-0.25, -0.2) is 9.78 Å². The Morgan fingerprint density at radius 3 is 2.92 bits per heavy atom. The SMILES string of the molecule is Cc1c(C(=O)N[C@@H]2CCc3n[nH]c(=O)cc3C2)cnn1-c1ccccc1. The fourth-order valence-electron chi connectivity index (χ4n) is 3.39. The predicted molar refractivity (Wildman–Crippen MR) is 96.4 cm³/mol. The number of fused-ring (bicyclic) bond motifs is 1. The number of para-hydroxylation sites is 1. The van der Waals surface area contributed by atoms with Crippen LogP contribution in [0.5, 0.6) is 0 Å². The van der Waals surface area contributed by atoms with E-state index >= 15 is 0 Å². The van der Waals surface area contributed by atoms with E-state index in [1.54, 1.807) is 16.9 Å². The second kappa shape index (κ2) is 6.59. The van der Waals surface area contributed by atoms with Gasteiger partial charge in [0.05, 0.1) is 28.8 Å². The first-order valence-corrected chi connectivity index (χ1v) is 8.60. The molecule has 2 heterocycles. The second-order valence-corrected chi connectivity index (χ2v) is 6.51. The molecule has 1 aliphatic carbocycles. The molecule has 4 rings (SSSR count). The molecular formula is C19H19N5O2. The van der Waals surface area contributed by atoms with E-state index in [1.807, 2.05) is 37.3 Å². The number of carbonyl (C=O) groups is 1. The molecule has 3 aromatic rings. The smallest absolute Gasteiger partial charge is 0.264 e. The highest BCUT2D eigenvalue weighted by Gasteiger charge is 2.23. The number of H-pyrrole nitrogens is 1. The lowest BCUT2D eigenvalue weighted by Gasteiger charge is -2.24. The summed E-state index contributed by atoms with van der Waals surface area (Å²) in [5.74, 6) is -0.143. The predicted octanol–water partition coefficient (Wildman–Crippen LogP) is 1.55. The Hall–Kier alpha value is -3.22. The van der Waals surface area contributed by atoms with E-state index in [1.165, 1.54) is 0 Å². The van der Waals surface area contributed by atoms with Crippen LogP contribution < -0.4 is 10.9 Å². The Morgan fingerprint density at radius 2 is 2.12 bits per heavy atom. The van der Waals surface area contributed by atoms with E-state index < -0.39 is 0 Å². The van der Waals surface area contributed by atoms with E-state index in [4.69, 9.17) is 0 Å². The zero-order valence-corrected chi connectivity index (χ0v) is 14.4. The minimum absolute atomic E-state index is 0.0157. The van der Waals surface area contributed by atoms with E-state index in [-0.39, 0.29) is 17.5 Å². The van der Waals surface area contributed by atoms with E-state index in [0.717, 1.165) is 35.5 Å². The van der Waals surface area contributed by atoms with Crippen molar-refractivity contribution in [1.29, 1.82) is 0 Å². The van der Waals surface area contributed by atoms with Crippen molar-refractivity contribution in [2.45, 2.75) is 32.2 Å². The molecule has 132 valence electrons. The number of nitrogens with zero attached hydrogens (tertiary/aromatic N) is 3. The van der Waals surface area contributed by atoms with Gasteiger partial charge in [0, 0.05) is 12.1 Å². The topological polar surface area (TPSA) is 92.7 Å². The summed E-state index contributed by atoms with van der Waals surface area (Å²) in [5.41, 5.74) is 3.87. The highest BCUT2D eigenvalue weighted by Crippen LogP contribution is 2.19. The van der Waals surface area contributed by atoms with Crippen LogP contribution in [0, 0.1) is 6.92 Å². The summed E-state index contributed by atoms with van der Waals surface area (Å²) in [5, 5.41) is 14.0.